The summed E-state index contributed by atoms with van der Waals surface area (Å²) < 4.78 is 32.4. The first-order chi connectivity index (χ1) is 29.9. The number of fused-ring (bicyclic) bond motifs is 3. The minimum atomic E-state index is -2.53. The summed E-state index contributed by atoms with van der Waals surface area (Å²) in [4.78, 5) is 58.6. The van der Waals surface area contributed by atoms with Crippen LogP contribution in [0, 0.1) is 29.6 Å². The number of rotatable bonds is 8. The standard InChI is InChI=1S/C47H70BrN3O12.CH4/c1-27-18-28(2)20-40(60-7)43-41(61-8)22-30(4)47(58,63-43)44(55)45(56)51-17-10-9-13-35(51)46(57)62-42(29(3)21-32-14-15-36(52)39(23-32)59-6)31(5)37(53)24-38(54)33(19-27)12-11-16-50-26-34(48)25-49-50;/h11,16,19,21,25-26,28,30-33,35-37,39-43,52-53,58H,9-10,12-15,17-18,20,22-24H2,1-8H3;1H4/b16-11+,27-19+,29-21+;/t28-,30+,31+,32-,33+,35-,36+,37-,39+,40-,41-,42+,43+,47+;/m0./s1. The number of nitrogens with zero attached hydrogens (tertiary/aromatic N) is 3. The topological polar surface area (TPSA) is 196 Å². The summed E-state index contributed by atoms with van der Waals surface area (Å²) in [6.45, 7) is 9.25. The zero-order chi connectivity index (χ0) is 46.2. The molecule has 4 heterocycles. The lowest BCUT2D eigenvalue weighted by atomic mass is 9.81. The summed E-state index contributed by atoms with van der Waals surface area (Å²) in [6, 6.07) is -1.16. The molecule has 3 aliphatic heterocycles. The van der Waals surface area contributed by atoms with E-state index in [1.54, 1.807) is 44.2 Å². The molecular formula is C48H74BrN3O12. The van der Waals surface area contributed by atoms with E-state index in [4.69, 9.17) is 23.7 Å². The van der Waals surface area contributed by atoms with Crippen molar-refractivity contribution in [1.82, 2.24) is 14.7 Å². The third kappa shape index (κ3) is 13.1. The van der Waals surface area contributed by atoms with Crippen LogP contribution in [0.5, 0.6) is 0 Å². The molecule has 1 aromatic rings. The van der Waals surface area contributed by atoms with Gasteiger partial charge in [-0.3, -0.25) is 14.4 Å². The number of hydrogen-bond donors (Lipinski definition) is 3. The van der Waals surface area contributed by atoms with E-state index in [0.29, 0.717) is 56.9 Å². The van der Waals surface area contributed by atoms with Gasteiger partial charge in [0.15, 0.2) is 0 Å². The zero-order valence-electron chi connectivity index (χ0n) is 38.2. The van der Waals surface area contributed by atoms with E-state index < -0.39 is 83.9 Å². The number of piperidine rings is 1. The minimum Gasteiger partial charge on any atom is -0.456 e. The van der Waals surface area contributed by atoms with E-state index in [0.717, 1.165) is 10.0 Å². The molecule has 1 aromatic heterocycles. The highest BCUT2D eigenvalue weighted by atomic mass is 79.9. The molecule has 4 aliphatic rings. The second kappa shape index (κ2) is 24.1. The van der Waals surface area contributed by atoms with Crippen molar-refractivity contribution in [1.29, 1.82) is 0 Å². The quantitative estimate of drug-likeness (QED) is 0.151. The van der Waals surface area contributed by atoms with Crippen LogP contribution in [0.1, 0.15) is 113 Å². The third-order valence-electron chi connectivity index (χ3n) is 13.7. The van der Waals surface area contributed by atoms with Gasteiger partial charge in [-0.1, -0.05) is 52.0 Å². The predicted molar refractivity (Wildman–Crippen MR) is 244 cm³/mol. The van der Waals surface area contributed by atoms with Gasteiger partial charge < -0.3 is 43.9 Å². The normalized spacial score (nSPS) is 37.8. The van der Waals surface area contributed by atoms with Crippen molar-refractivity contribution in [3.05, 3.63) is 46.2 Å². The second-order valence-corrected chi connectivity index (χ2v) is 19.4. The van der Waals surface area contributed by atoms with Gasteiger partial charge in [0.1, 0.15) is 24.0 Å². The van der Waals surface area contributed by atoms with Gasteiger partial charge in [0.05, 0.1) is 41.2 Å². The van der Waals surface area contributed by atoms with Crippen molar-refractivity contribution in [2.45, 2.75) is 167 Å². The van der Waals surface area contributed by atoms with Crippen molar-refractivity contribution in [2.24, 2.45) is 29.6 Å². The van der Waals surface area contributed by atoms with E-state index >= 15 is 0 Å². The number of hydrogen-bond acceptors (Lipinski definition) is 13. The molecule has 0 aromatic carbocycles. The maximum absolute atomic E-state index is 14.5. The Hall–Kier alpha value is -3.09. The number of carbonyl (C=O) groups excluding carboxylic acids is 4. The molecule has 1 aliphatic carbocycles. The fourth-order valence-electron chi connectivity index (χ4n) is 9.96. The lowest BCUT2D eigenvalue weighted by Crippen LogP contribution is -2.64. The average Bonchev–Trinajstić information content (AvgIpc) is 3.68. The first kappa shape index (κ1) is 53.5. The minimum absolute atomic E-state index is 0. The Kier molecular flexibility index (Phi) is 20.1. The van der Waals surface area contributed by atoms with Crippen LogP contribution in [0.3, 0.4) is 0 Å². The van der Waals surface area contributed by atoms with Crippen LogP contribution >= 0.6 is 15.9 Å². The molecular weight excluding hydrogens is 890 g/mol. The molecule has 16 heteroatoms. The SMILES string of the molecule is C.CO[C@H]1C[C@@H](C)C/C(C)=C/[C@@H](C/C=C/n2cc(Br)cn2)C(=O)C[C@H](O)[C@@H](C)[C@@H](/C(C)=C/[C@@H]2CC[C@@H](O)[C@H](OC)C2)OC(=O)[C@@H]2CCCCN2C(=O)C(=O)[C@]2(O)O[C@H]1[C@@H](OC)C[C@H]2C. The molecule has 14 atom stereocenters. The summed E-state index contributed by atoms with van der Waals surface area (Å²) in [6.07, 6.45) is 9.98. The molecule has 360 valence electrons. The maximum Gasteiger partial charge on any atom is 0.329 e. The van der Waals surface area contributed by atoms with Gasteiger partial charge in [-0.25, -0.2) is 9.48 Å². The van der Waals surface area contributed by atoms with E-state index in [9.17, 15) is 34.5 Å². The van der Waals surface area contributed by atoms with E-state index in [-0.39, 0.29) is 57.0 Å². The molecule has 1 saturated carbocycles. The van der Waals surface area contributed by atoms with E-state index in [2.05, 4.69) is 21.0 Å². The molecule has 2 bridgehead atoms. The molecule has 5 rings (SSSR count). The number of allylic oxidation sites excluding steroid dienone is 4. The van der Waals surface area contributed by atoms with Gasteiger partial charge in [0.2, 0.25) is 5.79 Å². The number of Topliss-reactive ketones (excluding diaryl/α,β-unsaturated/α-hetero) is 2. The van der Waals surface area contributed by atoms with Gasteiger partial charge in [-0.2, -0.15) is 5.10 Å². The fourth-order valence-corrected chi connectivity index (χ4v) is 10.3. The average molecular weight is 965 g/mol. The van der Waals surface area contributed by atoms with Crippen LogP contribution in [0.2, 0.25) is 0 Å². The highest BCUT2D eigenvalue weighted by Gasteiger charge is 2.56. The third-order valence-corrected chi connectivity index (χ3v) is 14.1. The van der Waals surface area contributed by atoms with E-state index in [1.165, 1.54) is 19.1 Å². The molecule has 3 fully saturated rings. The number of carbonyl (C=O) groups is 4. The number of halogens is 1. The summed E-state index contributed by atoms with van der Waals surface area (Å²) in [5.41, 5.74) is 1.58. The fraction of sp³-hybridized carbons (Fsp3) is 0.729. The van der Waals surface area contributed by atoms with Crippen molar-refractivity contribution in [3.8, 4) is 0 Å². The molecule has 0 radical (unpaired) electrons. The molecule has 3 N–H and O–H groups in total. The van der Waals surface area contributed by atoms with Crippen LogP contribution in [-0.4, -0.2) is 136 Å². The number of cyclic esters (lactones) is 1. The molecule has 2 saturated heterocycles. The van der Waals surface area contributed by atoms with Crippen molar-refractivity contribution in [2.75, 3.05) is 27.9 Å². The number of methoxy groups -OCH3 is 3. The van der Waals surface area contributed by atoms with Gasteiger partial charge >= 0.3 is 5.97 Å². The highest BCUT2D eigenvalue weighted by molar-refractivity contribution is 9.10. The number of aliphatic hydroxyl groups excluding tert-OH is 2. The summed E-state index contributed by atoms with van der Waals surface area (Å²) in [5.74, 6) is -8.00. The van der Waals surface area contributed by atoms with Crippen molar-refractivity contribution >= 4 is 45.6 Å². The van der Waals surface area contributed by atoms with Crippen molar-refractivity contribution < 1.29 is 58.2 Å². The Bertz CT molecular complexity index is 1830. The Morgan fingerprint density at radius 2 is 1.64 bits per heavy atom. The number of ketones is 2. The Morgan fingerprint density at radius 1 is 0.953 bits per heavy atom. The first-order valence-electron chi connectivity index (χ1n) is 22.6. The summed E-state index contributed by atoms with van der Waals surface area (Å²) in [7, 11) is 4.61. The van der Waals surface area contributed by atoms with Gasteiger partial charge in [0.25, 0.3) is 11.7 Å². The van der Waals surface area contributed by atoms with Gasteiger partial charge in [0, 0.05) is 64.4 Å². The predicted octanol–water partition coefficient (Wildman–Crippen LogP) is 6.22. The lowest BCUT2D eigenvalue weighted by Gasteiger charge is -2.47. The number of amides is 1. The Labute approximate surface area is 388 Å². The summed E-state index contributed by atoms with van der Waals surface area (Å²) >= 11 is 3.41. The maximum atomic E-state index is 14.5. The van der Waals surface area contributed by atoms with Crippen LogP contribution in [0.4, 0.5) is 0 Å². The van der Waals surface area contributed by atoms with Crippen LogP contribution in [0.15, 0.2) is 46.2 Å². The van der Waals surface area contributed by atoms with Crippen molar-refractivity contribution in [3.63, 3.8) is 0 Å². The van der Waals surface area contributed by atoms with Crippen LogP contribution in [-0.2, 0) is 42.9 Å². The molecule has 1 amide bonds. The smallest absolute Gasteiger partial charge is 0.329 e. The Morgan fingerprint density at radius 3 is 2.30 bits per heavy atom. The first-order valence-corrected chi connectivity index (χ1v) is 23.3. The number of ether oxygens (including phenoxy) is 5. The van der Waals surface area contributed by atoms with E-state index in [1.807, 2.05) is 39.0 Å². The number of aromatic nitrogens is 2. The second-order valence-electron chi connectivity index (χ2n) is 18.5. The summed E-state index contributed by atoms with van der Waals surface area (Å²) in [5, 5.41) is 38.8. The monoisotopic (exact) mass is 963 g/mol. The highest BCUT2D eigenvalue weighted by Crippen LogP contribution is 2.39. The molecule has 64 heavy (non-hydrogen) atoms. The van der Waals surface area contributed by atoms with Gasteiger partial charge in [-0.15, -0.1) is 0 Å². The largest absolute Gasteiger partial charge is 0.456 e. The molecule has 0 unspecified atom stereocenters. The molecule has 15 nitrogen and oxygen atoms in total. The molecule has 0 spiro atoms. The van der Waals surface area contributed by atoms with Gasteiger partial charge in [-0.05, 0) is 111 Å². The van der Waals surface area contributed by atoms with Crippen LogP contribution in [0.25, 0.3) is 6.20 Å². The Balaban J connectivity index is 0.00000898. The number of aliphatic hydroxyl groups is 3. The lowest BCUT2D eigenvalue weighted by molar-refractivity contribution is -0.302. The zero-order valence-corrected chi connectivity index (χ0v) is 39.8. The number of esters is 1. The van der Waals surface area contributed by atoms with Crippen LogP contribution < -0.4 is 0 Å².